The number of fused-ring (bicyclic) bond motifs is 1. The number of aliphatic hydroxyl groups excluding tert-OH is 1. The summed E-state index contributed by atoms with van der Waals surface area (Å²) in [6.07, 6.45) is 2.00. The van der Waals surface area contributed by atoms with E-state index in [4.69, 9.17) is 5.11 Å². The minimum absolute atomic E-state index is 0.312. The van der Waals surface area contributed by atoms with Crippen molar-refractivity contribution in [2.75, 3.05) is 44.2 Å². The maximum Gasteiger partial charge on any atom is 0.0431 e. The SMILES string of the molecule is OCCCCN1Cc2cccc(N3CCNCC3)c2C1. The molecule has 110 valence electrons. The molecule has 0 bridgehead atoms. The first kappa shape index (κ1) is 13.9. The molecule has 0 aliphatic carbocycles. The largest absolute Gasteiger partial charge is 0.396 e. The summed E-state index contributed by atoms with van der Waals surface area (Å²) >= 11 is 0. The molecule has 3 rings (SSSR count). The van der Waals surface area contributed by atoms with Crippen molar-refractivity contribution in [2.45, 2.75) is 25.9 Å². The van der Waals surface area contributed by atoms with E-state index in [0.29, 0.717) is 6.61 Å². The van der Waals surface area contributed by atoms with Crippen LogP contribution in [0.15, 0.2) is 18.2 Å². The van der Waals surface area contributed by atoms with Gasteiger partial charge in [-0.05, 0) is 36.6 Å². The molecule has 1 saturated heterocycles. The van der Waals surface area contributed by atoms with Gasteiger partial charge in [0.05, 0.1) is 0 Å². The molecule has 0 radical (unpaired) electrons. The number of hydrogen-bond donors (Lipinski definition) is 2. The van der Waals surface area contributed by atoms with Gasteiger partial charge in [0.15, 0.2) is 0 Å². The fourth-order valence-electron chi connectivity index (χ4n) is 3.28. The van der Waals surface area contributed by atoms with Gasteiger partial charge < -0.3 is 15.3 Å². The maximum absolute atomic E-state index is 8.90. The Morgan fingerprint density at radius 1 is 1.10 bits per heavy atom. The third-order valence-electron chi connectivity index (χ3n) is 4.36. The maximum atomic E-state index is 8.90. The van der Waals surface area contributed by atoms with Crippen molar-refractivity contribution in [3.05, 3.63) is 29.3 Å². The van der Waals surface area contributed by atoms with E-state index >= 15 is 0 Å². The van der Waals surface area contributed by atoms with Crippen molar-refractivity contribution < 1.29 is 5.11 Å². The van der Waals surface area contributed by atoms with Gasteiger partial charge in [0, 0.05) is 51.6 Å². The topological polar surface area (TPSA) is 38.7 Å². The van der Waals surface area contributed by atoms with Gasteiger partial charge in [0.2, 0.25) is 0 Å². The van der Waals surface area contributed by atoms with Gasteiger partial charge in [-0.25, -0.2) is 0 Å². The van der Waals surface area contributed by atoms with E-state index in [2.05, 4.69) is 33.3 Å². The molecule has 0 atom stereocenters. The second-order valence-corrected chi connectivity index (χ2v) is 5.79. The van der Waals surface area contributed by atoms with Gasteiger partial charge >= 0.3 is 0 Å². The van der Waals surface area contributed by atoms with Crippen LogP contribution in [0, 0.1) is 0 Å². The number of aliphatic hydroxyl groups is 1. The Bertz CT molecular complexity index is 443. The Morgan fingerprint density at radius 3 is 2.75 bits per heavy atom. The highest BCUT2D eigenvalue weighted by molar-refractivity contribution is 5.58. The second-order valence-electron chi connectivity index (χ2n) is 5.79. The van der Waals surface area contributed by atoms with Gasteiger partial charge in [-0.3, -0.25) is 4.90 Å². The Hall–Kier alpha value is -1.10. The lowest BCUT2D eigenvalue weighted by Crippen LogP contribution is -2.43. The average molecular weight is 275 g/mol. The first-order chi connectivity index (χ1) is 9.88. The minimum atomic E-state index is 0.312. The van der Waals surface area contributed by atoms with Crippen molar-refractivity contribution in [1.29, 1.82) is 0 Å². The van der Waals surface area contributed by atoms with E-state index in [-0.39, 0.29) is 0 Å². The van der Waals surface area contributed by atoms with Crippen LogP contribution in [0.3, 0.4) is 0 Å². The molecule has 0 spiro atoms. The minimum Gasteiger partial charge on any atom is -0.396 e. The molecule has 2 N–H and O–H groups in total. The van der Waals surface area contributed by atoms with Crippen molar-refractivity contribution in [3.63, 3.8) is 0 Å². The number of anilines is 1. The Balaban J connectivity index is 1.69. The number of unbranched alkanes of at least 4 members (excludes halogenated alkanes) is 1. The Morgan fingerprint density at radius 2 is 1.95 bits per heavy atom. The van der Waals surface area contributed by atoms with Gasteiger partial charge in [0.25, 0.3) is 0 Å². The van der Waals surface area contributed by atoms with Crippen LogP contribution in [-0.4, -0.2) is 49.3 Å². The van der Waals surface area contributed by atoms with Crippen LogP contribution < -0.4 is 10.2 Å². The predicted molar refractivity (Wildman–Crippen MR) is 82.0 cm³/mol. The molecular formula is C16H25N3O. The number of benzene rings is 1. The third kappa shape index (κ3) is 2.97. The number of nitrogens with one attached hydrogen (secondary N) is 1. The summed E-state index contributed by atoms with van der Waals surface area (Å²) in [6.45, 7) is 7.94. The monoisotopic (exact) mass is 275 g/mol. The van der Waals surface area contributed by atoms with Crippen molar-refractivity contribution in [3.8, 4) is 0 Å². The van der Waals surface area contributed by atoms with E-state index in [9.17, 15) is 0 Å². The predicted octanol–water partition coefficient (Wildman–Crippen LogP) is 1.18. The zero-order valence-electron chi connectivity index (χ0n) is 12.1. The molecule has 2 aliphatic heterocycles. The van der Waals surface area contributed by atoms with E-state index < -0.39 is 0 Å². The Kier molecular flexibility index (Phi) is 4.55. The van der Waals surface area contributed by atoms with Crippen LogP contribution in [0.1, 0.15) is 24.0 Å². The van der Waals surface area contributed by atoms with Gasteiger partial charge in [-0.15, -0.1) is 0 Å². The lowest BCUT2D eigenvalue weighted by atomic mass is 10.1. The molecule has 2 aliphatic rings. The zero-order valence-corrected chi connectivity index (χ0v) is 12.1. The smallest absolute Gasteiger partial charge is 0.0431 e. The molecule has 0 amide bonds. The molecule has 1 aromatic rings. The van der Waals surface area contributed by atoms with Gasteiger partial charge in [0.1, 0.15) is 0 Å². The standard InChI is InChI=1S/C16H25N3O/c20-11-2-1-8-18-12-14-4-3-5-16(15(14)13-18)19-9-6-17-7-10-19/h3-5,17,20H,1-2,6-13H2. The third-order valence-corrected chi connectivity index (χ3v) is 4.36. The van der Waals surface area contributed by atoms with Gasteiger partial charge in [-0.1, -0.05) is 12.1 Å². The number of piperazine rings is 1. The van der Waals surface area contributed by atoms with Crippen molar-refractivity contribution >= 4 is 5.69 Å². The van der Waals surface area contributed by atoms with Crippen LogP contribution >= 0.6 is 0 Å². The lowest BCUT2D eigenvalue weighted by Gasteiger charge is -2.31. The molecule has 20 heavy (non-hydrogen) atoms. The summed E-state index contributed by atoms with van der Waals surface area (Å²) in [4.78, 5) is 5.03. The molecule has 4 nitrogen and oxygen atoms in total. The summed E-state index contributed by atoms with van der Waals surface area (Å²) in [5.74, 6) is 0. The fraction of sp³-hybridized carbons (Fsp3) is 0.625. The fourth-order valence-corrected chi connectivity index (χ4v) is 3.28. The summed E-state index contributed by atoms with van der Waals surface area (Å²) in [5, 5.41) is 12.3. The zero-order chi connectivity index (χ0) is 13.8. The van der Waals surface area contributed by atoms with E-state index in [0.717, 1.165) is 58.7 Å². The normalized spacial score (nSPS) is 19.4. The summed E-state index contributed by atoms with van der Waals surface area (Å²) in [6, 6.07) is 6.75. The van der Waals surface area contributed by atoms with Crippen LogP contribution in [0.5, 0.6) is 0 Å². The molecule has 1 fully saturated rings. The number of nitrogens with zero attached hydrogens (tertiary/aromatic N) is 2. The van der Waals surface area contributed by atoms with E-state index in [1.54, 1.807) is 0 Å². The summed E-state index contributed by atoms with van der Waals surface area (Å²) < 4.78 is 0. The van der Waals surface area contributed by atoms with Crippen LogP contribution in [0.25, 0.3) is 0 Å². The average Bonchev–Trinajstić information content (AvgIpc) is 2.91. The molecular weight excluding hydrogens is 250 g/mol. The van der Waals surface area contributed by atoms with Crippen molar-refractivity contribution in [1.82, 2.24) is 10.2 Å². The first-order valence-corrected chi connectivity index (χ1v) is 7.78. The second kappa shape index (κ2) is 6.57. The van der Waals surface area contributed by atoms with E-state index in [1.165, 1.54) is 16.8 Å². The molecule has 1 aromatic carbocycles. The lowest BCUT2D eigenvalue weighted by molar-refractivity contribution is 0.245. The molecule has 0 unspecified atom stereocenters. The van der Waals surface area contributed by atoms with E-state index in [1.807, 2.05) is 0 Å². The Labute approximate surface area is 121 Å². The van der Waals surface area contributed by atoms with Crippen LogP contribution in [-0.2, 0) is 13.1 Å². The summed E-state index contributed by atoms with van der Waals surface area (Å²) in [5.41, 5.74) is 4.46. The summed E-state index contributed by atoms with van der Waals surface area (Å²) in [7, 11) is 0. The highest BCUT2D eigenvalue weighted by atomic mass is 16.2. The molecule has 0 saturated carbocycles. The number of hydrogen-bond acceptors (Lipinski definition) is 4. The van der Waals surface area contributed by atoms with Crippen LogP contribution in [0.2, 0.25) is 0 Å². The number of rotatable bonds is 5. The first-order valence-electron chi connectivity index (χ1n) is 7.78. The highest BCUT2D eigenvalue weighted by Crippen LogP contribution is 2.31. The van der Waals surface area contributed by atoms with Crippen LogP contribution in [0.4, 0.5) is 5.69 Å². The molecule has 2 heterocycles. The molecule has 0 aromatic heterocycles. The highest BCUT2D eigenvalue weighted by Gasteiger charge is 2.23. The van der Waals surface area contributed by atoms with Crippen molar-refractivity contribution in [2.24, 2.45) is 0 Å². The van der Waals surface area contributed by atoms with Gasteiger partial charge in [-0.2, -0.15) is 0 Å². The quantitative estimate of drug-likeness (QED) is 0.792. The molecule has 4 heteroatoms.